The van der Waals surface area contributed by atoms with Crippen LogP contribution >= 0.6 is 0 Å². The second-order valence-corrected chi connectivity index (χ2v) is 6.36. The van der Waals surface area contributed by atoms with Crippen LogP contribution in [0.4, 0.5) is 10.5 Å². The van der Waals surface area contributed by atoms with Crippen molar-refractivity contribution in [3.8, 4) is 0 Å². The standard InChI is InChI=1S/C19H24N2O/c1-14-10-11-17(12-15(14)2)21-18(22)20-13-19(3,4)16-8-6-5-7-9-16/h5-12H,13H2,1-4H3,(H2,20,21,22). The molecule has 0 atom stereocenters. The molecule has 2 rings (SSSR count). The van der Waals surface area contributed by atoms with E-state index >= 15 is 0 Å². The van der Waals surface area contributed by atoms with Gasteiger partial charge in [0.2, 0.25) is 0 Å². The fraction of sp³-hybridized carbons (Fsp3) is 0.316. The van der Waals surface area contributed by atoms with Gasteiger partial charge in [-0.1, -0.05) is 50.2 Å². The van der Waals surface area contributed by atoms with Gasteiger partial charge in [0.15, 0.2) is 0 Å². The first-order valence-corrected chi connectivity index (χ1v) is 7.56. The van der Waals surface area contributed by atoms with Crippen LogP contribution in [0.3, 0.4) is 0 Å². The zero-order valence-corrected chi connectivity index (χ0v) is 13.7. The number of urea groups is 1. The summed E-state index contributed by atoms with van der Waals surface area (Å²) in [5.41, 5.74) is 4.31. The van der Waals surface area contributed by atoms with Crippen LogP contribution in [0.5, 0.6) is 0 Å². The lowest BCUT2D eigenvalue weighted by molar-refractivity contribution is 0.249. The zero-order chi connectivity index (χ0) is 16.2. The van der Waals surface area contributed by atoms with E-state index in [9.17, 15) is 4.79 Å². The highest BCUT2D eigenvalue weighted by Crippen LogP contribution is 2.21. The van der Waals surface area contributed by atoms with Crippen LogP contribution < -0.4 is 10.6 Å². The molecule has 2 aromatic carbocycles. The maximum absolute atomic E-state index is 12.1. The van der Waals surface area contributed by atoms with Crippen molar-refractivity contribution < 1.29 is 4.79 Å². The van der Waals surface area contributed by atoms with E-state index in [1.807, 2.05) is 43.3 Å². The fourth-order valence-electron chi connectivity index (χ4n) is 2.29. The van der Waals surface area contributed by atoms with Gasteiger partial charge in [0, 0.05) is 17.6 Å². The molecule has 0 fully saturated rings. The molecule has 0 heterocycles. The van der Waals surface area contributed by atoms with Crippen LogP contribution in [0.2, 0.25) is 0 Å². The van der Waals surface area contributed by atoms with Crippen LogP contribution in [0.25, 0.3) is 0 Å². The number of rotatable bonds is 4. The van der Waals surface area contributed by atoms with Crippen molar-refractivity contribution >= 4 is 11.7 Å². The Balaban J connectivity index is 1.93. The van der Waals surface area contributed by atoms with E-state index in [0.29, 0.717) is 6.54 Å². The van der Waals surface area contributed by atoms with Crippen LogP contribution in [0.15, 0.2) is 48.5 Å². The number of amides is 2. The minimum absolute atomic E-state index is 0.109. The van der Waals surface area contributed by atoms with Gasteiger partial charge in [-0.05, 0) is 42.7 Å². The summed E-state index contributed by atoms with van der Waals surface area (Å²) < 4.78 is 0. The summed E-state index contributed by atoms with van der Waals surface area (Å²) in [5.74, 6) is 0. The first-order valence-electron chi connectivity index (χ1n) is 7.56. The molecule has 0 spiro atoms. The lowest BCUT2D eigenvalue weighted by Crippen LogP contribution is -2.38. The number of anilines is 1. The minimum Gasteiger partial charge on any atom is -0.337 e. The van der Waals surface area contributed by atoms with Gasteiger partial charge < -0.3 is 10.6 Å². The number of carbonyl (C=O) groups is 1. The van der Waals surface area contributed by atoms with Gasteiger partial charge in [0.1, 0.15) is 0 Å². The highest BCUT2D eigenvalue weighted by Gasteiger charge is 2.21. The van der Waals surface area contributed by atoms with Gasteiger partial charge in [0.05, 0.1) is 0 Å². The number of carbonyl (C=O) groups excluding carboxylic acids is 1. The fourth-order valence-corrected chi connectivity index (χ4v) is 2.29. The molecule has 0 aliphatic carbocycles. The predicted octanol–water partition coefficient (Wildman–Crippen LogP) is 4.40. The van der Waals surface area contributed by atoms with E-state index < -0.39 is 0 Å². The van der Waals surface area contributed by atoms with Gasteiger partial charge in [-0.2, -0.15) is 0 Å². The summed E-state index contributed by atoms with van der Waals surface area (Å²) >= 11 is 0. The van der Waals surface area contributed by atoms with Crippen molar-refractivity contribution in [2.45, 2.75) is 33.1 Å². The molecule has 22 heavy (non-hydrogen) atoms. The maximum atomic E-state index is 12.1. The molecule has 2 aromatic rings. The van der Waals surface area contributed by atoms with Gasteiger partial charge in [0.25, 0.3) is 0 Å². The van der Waals surface area contributed by atoms with Crippen LogP contribution in [0.1, 0.15) is 30.5 Å². The molecule has 0 saturated carbocycles. The Bertz CT molecular complexity index is 648. The van der Waals surface area contributed by atoms with Crippen LogP contribution in [-0.2, 0) is 5.41 Å². The van der Waals surface area contributed by atoms with E-state index in [1.54, 1.807) is 0 Å². The number of aryl methyl sites for hydroxylation is 2. The second kappa shape index (κ2) is 6.65. The Morgan fingerprint density at radius 3 is 2.32 bits per heavy atom. The SMILES string of the molecule is Cc1ccc(NC(=O)NCC(C)(C)c2ccccc2)cc1C. The molecular formula is C19H24N2O. The van der Waals surface area contributed by atoms with Crippen molar-refractivity contribution in [2.75, 3.05) is 11.9 Å². The quantitative estimate of drug-likeness (QED) is 0.862. The van der Waals surface area contributed by atoms with Crippen molar-refractivity contribution in [3.05, 3.63) is 65.2 Å². The Labute approximate surface area is 132 Å². The third kappa shape index (κ3) is 4.10. The van der Waals surface area contributed by atoms with Gasteiger partial charge in [-0.25, -0.2) is 4.79 Å². The highest BCUT2D eigenvalue weighted by molar-refractivity contribution is 5.89. The normalized spacial score (nSPS) is 11.1. The smallest absolute Gasteiger partial charge is 0.319 e. The number of benzene rings is 2. The van der Waals surface area contributed by atoms with E-state index in [-0.39, 0.29) is 11.4 Å². The number of hydrogen-bond acceptors (Lipinski definition) is 1. The third-order valence-corrected chi connectivity index (χ3v) is 4.01. The first kappa shape index (κ1) is 16.1. The molecule has 0 unspecified atom stereocenters. The van der Waals surface area contributed by atoms with Crippen LogP contribution in [-0.4, -0.2) is 12.6 Å². The second-order valence-electron chi connectivity index (χ2n) is 6.36. The first-order chi connectivity index (χ1) is 10.4. The Hall–Kier alpha value is -2.29. The molecule has 3 nitrogen and oxygen atoms in total. The summed E-state index contributed by atoms with van der Waals surface area (Å²) in [7, 11) is 0. The van der Waals surface area contributed by atoms with Crippen molar-refractivity contribution in [1.29, 1.82) is 0 Å². The average molecular weight is 296 g/mol. The summed E-state index contributed by atoms with van der Waals surface area (Å²) in [6.45, 7) is 8.92. The summed E-state index contributed by atoms with van der Waals surface area (Å²) in [6.07, 6.45) is 0. The number of hydrogen-bond donors (Lipinski definition) is 2. The lowest BCUT2D eigenvalue weighted by atomic mass is 9.85. The summed E-state index contributed by atoms with van der Waals surface area (Å²) in [6, 6.07) is 16.0. The molecular weight excluding hydrogens is 272 g/mol. The minimum atomic E-state index is -0.174. The van der Waals surface area contributed by atoms with Gasteiger partial charge in [-0.3, -0.25) is 0 Å². The topological polar surface area (TPSA) is 41.1 Å². The van der Waals surface area contributed by atoms with E-state index in [2.05, 4.69) is 43.5 Å². The van der Waals surface area contributed by atoms with Crippen molar-refractivity contribution in [2.24, 2.45) is 0 Å². The average Bonchev–Trinajstić information content (AvgIpc) is 2.50. The zero-order valence-electron chi connectivity index (χ0n) is 13.7. The van der Waals surface area contributed by atoms with Crippen molar-refractivity contribution in [1.82, 2.24) is 5.32 Å². The molecule has 3 heteroatoms. The highest BCUT2D eigenvalue weighted by atomic mass is 16.2. The largest absolute Gasteiger partial charge is 0.337 e. The molecule has 0 radical (unpaired) electrons. The van der Waals surface area contributed by atoms with Crippen LogP contribution in [0, 0.1) is 13.8 Å². The van der Waals surface area contributed by atoms with E-state index in [0.717, 1.165) is 5.69 Å². The summed E-state index contributed by atoms with van der Waals surface area (Å²) in [5, 5.41) is 5.84. The number of nitrogens with one attached hydrogen (secondary N) is 2. The third-order valence-electron chi connectivity index (χ3n) is 4.01. The maximum Gasteiger partial charge on any atom is 0.319 e. The Kier molecular flexibility index (Phi) is 4.86. The summed E-state index contributed by atoms with van der Waals surface area (Å²) in [4.78, 5) is 12.1. The predicted molar refractivity (Wildman–Crippen MR) is 92.4 cm³/mol. The molecule has 0 saturated heterocycles. The molecule has 2 amide bonds. The van der Waals surface area contributed by atoms with Gasteiger partial charge >= 0.3 is 6.03 Å². The Morgan fingerprint density at radius 1 is 1.00 bits per heavy atom. The van der Waals surface area contributed by atoms with E-state index in [1.165, 1.54) is 16.7 Å². The lowest BCUT2D eigenvalue weighted by Gasteiger charge is -2.25. The molecule has 0 aliphatic heterocycles. The molecule has 0 aromatic heterocycles. The monoisotopic (exact) mass is 296 g/mol. The molecule has 116 valence electrons. The Morgan fingerprint density at radius 2 is 1.68 bits per heavy atom. The molecule has 0 aliphatic rings. The molecule has 0 bridgehead atoms. The van der Waals surface area contributed by atoms with Gasteiger partial charge in [-0.15, -0.1) is 0 Å². The van der Waals surface area contributed by atoms with E-state index in [4.69, 9.17) is 0 Å². The van der Waals surface area contributed by atoms with Crippen molar-refractivity contribution in [3.63, 3.8) is 0 Å². The molecule has 2 N–H and O–H groups in total.